The number of H-pyrrole nitrogens is 1. The Labute approximate surface area is 128 Å². The monoisotopic (exact) mass is 295 g/mol. The summed E-state index contributed by atoms with van der Waals surface area (Å²) in [4.78, 5) is 29.9. The third kappa shape index (κ3) is 2.81. The molecule has 1 N–H and O–H groups in total. The minimum Gasteiger partial charge on any atom is -0.336 e. The second kappa shape index (κ2) is 5.93. The molecule has 3 aromatic rings. The van der Waals surface area contributed by atoms with Gasteiger partial charge in [-0.2, -0.15) is 0 Å². The van der Waals surface area contributed by atoms with Crippen molar-refractivity contribution >= 4 is 16.9 Å². The van der Waals surface area contributed by atoms with E-state index in [-0.39, 0.29) is 11.9 Å². The number of nitrogens with zero attached hydrogens (tertiary/aromatic N) is 4. The molecular formula is C16H17N5O. The van der Waals surface area contributed by atoms with Gasteiger partial charge in [0.25, 0.3) is 5.91 Å². The van der Waals surface area contributed by atoms with Crippen molar-refractivity contribution in [2.75, 3.05) is 7.05 Å². The normalized spacial score (nSPS) is 12.3. The summed E-state index contributed by atoms with van der Waals surface area (Å²) < 4.78 is 0. The number of aromatic amines is 1. The predicted octanol–water partition coefficient (Wildman–Crippen LogP) is 2.06. The lowest BCUT2D eigenvalue weighted by Gasteiger charge is -2.23. The minimum absolute atomic E-state index is 0.00240. The Balaban J connectivity index is 1.75. The molecule has 0 bridgehead atoms. The first kappa shape index (κ1) is 14.2. The van der Waals surface area contributed by atoms with Crippen molar-refractivity contribution in [2.24, 2.45) is 0 Å². The van der Waals surface area contributed by atoms with Gasteiger partial charge in [0.2, 0.25) is 0 Å². The number of rotatable bonds is 4. The Morgan fingerprint density at radius 2 is 2.14 bits per heavy atom. The molecule has 0 saturated heterocycles. The highest BCUT2D eigenvalue weighted by Crippen LogP contribution is 2.13. The van der Waals surface area contributed by atoms with E-state index in [4.69, 9.17) is 0 Å². The van der Waals surface area contributed by atoms with Crippen molar-refractivity contribution in [3.63, 3.8) is 0 Å². The van der Waals surface area contributed by atoms with E-state index in [2.05, 4.69) is 19.9 Å². The fraction of sp³-hybridized carbons (Fsp3) is 0.250. The van der Waals surface area contributed by atoms with Crippen LogP contribution in [-0.4, -0.2) is 43.8 Å². The zero-order valence-electron chi connectivity index (χ0n) is 12.5. The molecule has 0 unspecified atom stereocenters. The number of hydrogen-bond donors (Lipinski definition) is 1. The minimum atomic E-state index is -0.132. The first-order valence-corrected chi connectivity index (χ1v) is 7.12. The lowest BCUT2D eigenvalue weighted by Crippen LogP contribution is -2.37. The standard InChI is InChI=1S/C16H17N5O/c1-11(9-12-10-17-7-8-18-12)21(2)16(22)15-19-13-5-3-4-6-14(13)20-15/h3-8,10-11H,9H2,1-2H3,(H,19,20)/t11-/m0/s1. The smallest absolute Gasteiger partial charge is 0.289 e. The predicted molar refractivity (Wildman–Crippen MR) is 83.4 cm³/mol. The first-order valence-electron chi connectivity index (χ1n) is 7.12. The number of benzene rings is 1. The van der Waals surface area contributed by atoms with Crippen LogP contribution in [-0.2, 0) is 6.42 Å². The van der Waals surface area contributed by atoms with Gasteiger partial charge in [0.05, 0.1) is 16.7 Å². The van der Waals surface area contributed by atoms with Crippen molar-refractivity contribution < 1.29 is 4.79 Å². The Morgan fingerprint density at radius 1 is 1.32 bits per heavy atom. The second-order valence-corrected chi connectivity index (χ2v) is 5.27. The van der Waals surface area contributed by atoms with Crippen LogP contribution in [0.4, 0.5) is 0 Å². The third-order valence-corrected chi connectivity index (χ3v) is 3.69. The lowest BCUT2D eigenvalue weighted by molar-refractivity contribution is 0.0732. The van der Waals surface area contributed by atoms with E-state index in [1.165, 1.54) is 0 Å². The van der Waals surface area contributed by atoms with Gasteiger partial charge in [-0.05, 0) is 19.1 Å². The van der Waals surface area contributed by atoms with E-state index >= 15 is 0 Å². The summed E-state index contributed by atoms with van der Waals surface area (Å²) in [7, 11) is 1.77. The highest BCUT2D eigenvalue weighted by atomic mass is 16.2. The van der Waals surface area contributed by atoms with Crippen LogP contribution in [0.15, 0.2) is 42.9 Å². The molecule has 2 heterocycles. The van der Waals surface area contributed by atoms with Crippen LogP contribution in [0.1, 0.15) is 23.2 Å². The highest BCUT2D eigenvalue weighted by Gasteiger charge is 2.21. The van der Waals surface area contributed by atoms with Gasteiger partial charge in [0, 0.05) is 38.1 Å². The quantitative estimate of drug-likeness (QED) is 0.799. The molecule has 3 rings (SSSR count). The van der Waals surface area contributed by atoms with Gasteiger partial charge < -0.3 is 9.88 Å². The van der Waals surface area contributed by atoms with E-state index in [1.807, 2.05) is 31.2 Å². The fourth-order valence-corrected chi connectivity index (χ4v) is 2.30. The second-order valence-electron chi connectivity index (χ2n) is 5.27. The van der Waals surface area contributed by atoms with Gasteiger partial charge in [-0.25, -0.2) is 4.98 Å². The number of likely N-dealkylation sites (N-methyl/N-ethyl adjacent to an activating group) is 1. The van der Waals surface area contributed by atoms with E-state index in [1.54, 1.807) is 30.5 Å². The molecule has 2 aromatic heterocycles. The topological polar surface area (TPSA) is 74.8 Å². The molecule has 0 aliphatic carbocycles. The van der Waals surface area contributed by atoms with Gasteiger partial charge in [-0.1, -0.05) is 12.1 Å². The molecule has 0 aliphatic rings. The molecule has 22 heavy (non-hydrogen) atoms. The SMILES string of the molecule is C[C@@H](Cc1cnccn1)N(C)C(=O)c1nc2ccccc2[nH]1. The first-order chi connectivity index (χ1) is 10.6. The maximum absolute atomic E-state index is 12.5. The number of carbonyl (C=O) groups excluding carboxylic acids is 1. The van der Waals surface area contributed by atoms with Gasteiger partial charge in [-0.3, -0.25) is 14.8 Å². The maximum Gasteiger partial charge on any atom is 0.289 e. The van der Waals surface area contributed by atoms with Crippen LogP contribution < -0.4 is 0 Å². The summed E-state index contributed by atoms with van der Waals surface area (Å²) in [5, 5.41) is 0. The lowest BCUT2D eigenvalue weighted by atomic mass is 10.1. The molecule has 0 fully saturated rings. The summed E-state index contributed by atoms with van der Waals surface area (Å²) in [5.74, 6) is 0.224. The Kier molecular flexibility index (Phi) is 3.82. The summed E-state index contributed by atoms with van der Waals surface area (Å²) >= 11 is 0. The van der Waals surface area contributed by atoms with E-state index < -0.39 is 0 Å². The number of carbonyl (C=O) groups is 1. The molecule has 0 spiro atoms. The van der Waals surface area contributed by atoms with Crippen molar-refractivity contribution in [3.8, 4) is 0 Å². The Morgan fingerprint density at radius 3 is 2.86 bits per heavy atom. The van der Waals surface area contributed by atoms with Crippen molar-refractivity contribution in [1.29, 1.82) is 0 Å². The van der Waals surface area contributed by atoms with Crippen LogP contribution in [0, 0.1) is 0 Å². The molecule has 0 radical (unpaired) electrons. The Hall–Kier alpha value is -2.76. The number of amides is 1. The van der Waals surface area contributed by atoms with Gasteiger partial charge >= 0.3 is 0 Å². The number of nitrogens with one attached hydrogen (secondary N) is 1. The van der Waals surface area contributed by atoms with E-state index in [9.17, 15) is 4.79 Å². The van der Waals surface area contributed by atoms with Gasteiger partial charge in [0.1, 0.15) is 0 Å². The zero-order valence-corrected chi connectivity index (χ0v) is 12.5. The number of fused-ring (bicyclic) bond motifs is 1. The van der Waals surface area contributed by atoms with Crippen LogP contribution in [0.2, 0.25) is 0 Å². The Bertz CT molecular complexity index is 750. The highest BCUT2D eigenvalue weighted by molar-refractivity contribution is 5.94. The van der Waals surface area contributed by atoms with Crippen molar-refractivity contribution in [1.82, 2.24) is 24.8 Å². The molecular weight excluding hydrogens is 278 g/mol. The zero-order chi connectivity index (χ0) is 15.5. The summed E-state index contributed by atoms with van der Waals surface area (Å²) in [5.41, 5.74) is 2.51. The summed E-state index contributed by atoms with van der Waals surface area (Å²) in [6.45, 7) is 1.98. The van der Waals surface area contributed by atoms with Crippen molar-refractivity contribution in [2.45, 2.75) is 19.4 Å². The van der Waals surface area contributed by atoms with Crippen LogP contribution in [0.25, 0.3) is 11.0 Å². The molecule has 112 valence electrons. The molecule has 0 aliphatic heterocycles. The molecule has 1 aromatic carbocycles. The summed E-state index contributed by atoms with van der Waals surface area (Å²) in [6, 6.07) is 7.60. The van der Waals surface area contributed by atoms with Crippen LogP contribution in [0.3, 0.4) is 0 Å². The maximum atomic E-state index is 12.5. The van der Waals surface area contributed by atoms with Crippen LogP contribution >= 0.6 is 0 Å². The van der Waals surface area contributed by atoms with E-state index in [0.717, 1.165) is 16.7 Å². The largest absolute Gasteiger partial charge is 0.336 e. The average molecular weight is 295 g/mol. The molecule has 1 amide bonds. The number of aromatic nitrogens is 4. The average Bonchev–Trinajstić information content (AvgIpc) is 2.98. The molecule has 6 heteroatoms. The van der Waals surface area contributed by atoms with Gasteiger partial charge in [-0.15, -0.1) is 0 Å². The number of imidazole rings is 1. The number of hydrogen-bond acceptors (Lipinski definition) is 4. The molecule has 6 nitrogen and oxygen atoms in total. The number of para-hydroxylation sites is 2. The van der Waals surface area contributed by atoms with Gasteiger partial charge in [0.15, 0.2) is 5.82 Å². The van der Waals surface area contributed by atoms with E-state index in [0.29, 0.717) is 12.2 Å². The van der Waals surface area contributed by atoms with Crippen LogP contribution in [0.5, 0.6) is 0 Å². The molecule has 0 saturated carbocycles. The molecule has 1 atom stereocenters. The van der Waals surface area contributed by atoms with Crippen molar-refractivity contribution in [3.05, 3.63) is 54.4 Å². The third-order valence-electron chi connectivity index (χ3n) is 3.69. The summed E-state index contributed by atoms with van der Waals surface area (Å²) in [6.07, 6.45) is 5.66. The fourth-order valence-electron chi connectivity index (χ4n) is 2.30.